The molecule has 0 aromatic heterocycles. The molecular formula is C15H21N3O2. The third-order valence-corrected chi connectivity index (χ3v) is 4.28. The van der Waals surface area contributed by atoms with Crippen LogP contribution < -0.4 is 10.6 Å². The first-order valence-corrected chi connectivity index (χ1v) is 6.85. The van der Waals surface area contributed by atoms with Gasteiger partial charge in [0.1, 0.15) is 5.41 Å². The minimum atomic E-state index is -0.986. The third kappa shape index (κ3) is 2.03. The van der Waals surface area contributed by atoms with Gasteiger partial charge in [0.2, 0.25) is 5.91 Å². The van der Waals surface area contributed by atoms with Crippen LogP contribution in [0.25, 0.3) is 0 Å². The Hall–Kier alpha value is -2.04. The molecule has 2 unspecified atom stereocenters. The first kappa shape index (κ1) is 14.4. The number of para-hydroxylation sites is 1. The summed E-state index contributed by atoms with van der Waals surface area (Å²) in [5.74, 6) is -0.158. The van der Waals surface area contributed by atoms with E-state index in [-0.39, 0.29) is 17.8 Å². The van der Waals surface area contributed by atoms with Gasteiger partial charge in [0.25, 0.3) is 0 Å². The molecule has 1 heterocycles. The van der Waals surface area contributed by atoms with Crippen LogP contribution in [0.5, 0.6) is 0 Å². The molecule has 0 radical (unpaired) electrons. The van der Waals surface area contributed by atoms with Crippen LogP contribution in [0.15, 0.2) is 29.4 Å². The van der Waals surface area contributed by atoms with Crippen LogP contribution in [0.4, 0.5) is 5.69 Å². The molecule has 0 aliphatic carbocycles. The van der Waals surface area contributed by atoms with E-state index in [1.165, 1.54) is 0 Å². The number of benzene rings is 1. The summed E-state index contributed by atoms with van der Waals surface area (Å²) in [6, 6.07) is 7.95. The summed E-state index contributed by atoms with van der Waals surface area (Å²) in [6.45, 7) is 5.60. The number of amides is 1. The molecule has 0 bridgehead atoms. The summed E-state index contributed by atoms with van der Waals surface area (Å²) in [5.41, 5.74) is 6.85. The highest BCUT2D eigenvalue weighted by Crippen LogP contribution is 2.36. The lowest BCUT2D eigenvalue weighted by Crippen LogP contribution is -2.51. The number of fused-ring (bicyclic) bond motifs is 1. The van der Waals surface area contributed by atoms with E-state index in [1.54, 1.807) is 11.8 Å². The molecule has 1 aromatic rings. The number of amidine groups is 1. The summed E-state index contributed by atoms with van der Waals surface area (Å²) >= 11 is 0. The fraction of sp³-hybridized carbons (Fsp3) is 0.467. The molecule has 1 aromatic carbocycles. The van der Waals surface area contributed by atoms with Gasteiger partial charge < -0.3 is 15.8 Å². The van der Waals surface area contributed by atoms with Crippen LogP contribution >= 0.6 is 0 Å². The molecule has 20 heavy (non-hydrogen) atoms. The van der Waals surface area contributed by atoms with Crippen molar-refractivity contribution in [2.75, 3.05) is 4.90 Å². The highest BCUT2D eigenvalue weighted by molar-refractivity contribution is 6.13. The van der Waals surface area contributed by atoms with Crippen molar-refractivity contribution in [2.24, 2.45) is 16.3 Å². The Bertz CT molecular complexity index is 556. The lowest BCUT2D eigenvalue weighted by molar-refractivity contribution is -0.124. The number of oxime groups is 1. The Kier molecular flexibility index (Phi) is 3.70. The number of hydrogen-bond donors (Lipinski definition) is 2. The number of carbonyl (C=O) groups is 1. The fourth-order valence-electron chi connectivity index (χ4n) is 2.69. The molecule has 0 saturated heterocycles. The first-order chi connectivity index (χ1) is 9.45. The van der Waals surface area contributed by atoms with Crippen molar-refractivity contribution < 1.29 is 10.0 Å². The van der Waals surface area contributed by atoms with Crippen molar-refractivity contribution in [1.29, 1.82) is 0 Å². The maximum atomic E-state index is 12.9. The minimum absolute atomic E-state index is 0.0402. The molecule has 2 rings (SSSR count). The zero-order chi connectivity index (χ0) is 14.9. The summed E-state index contributed by atoms with van der Waals surface area (Å²) in [4.78, 5) is 14.7. The highest BCUT2D eigenvalue weighted by Gasteiger charge is 2.43. The van der Waals surface area contributed by atoms with E-state index in [2.05, 4.69) is 5.16 Å². The highest BCUT2D eigenvalue weighted by atomic mass is 16.4. The zero-order valence-corrected chi connectivity index (χ0v) is 12.1. The average Bonchev–Trinajstić information content (AvgIpc) is 2.80. The maximum absolute atomic E-state index is 12.9. The van der Waals surface area contributed by atoms with Gasteiger partial charge in [0.15, 0.2) is 5.84 Å². The van der Waals surface area contributed by atoms with Crippen LogP contribution in [0.1, 0.15) is 32.8 Å². The fourth-order valence-corrected chi connectivity index (χ4v) is 2.69. The largest absolute Gasteiger partial charge is 0.409 e. The Labute approximate surface area is 119 Å². The molecule has 5 nitrogen and oxygen atoms in total. The molecule has 5 heteroatoms. The van der Waals surface area contributed by atoms with E-state index >= 15 is 0 Å². The second kappa shape index (κ2) is 5.15. The summed E-state index contributed by atoms with van der Waals surface area (Å²) in [7, 11) is 0. The standard InChI is InChI=1S/C15H21N3O2/c1-4-15(3,13(16)17-20)14(19)18-10(2)9-11-7-5-6-8-12(11)18/h5-8,10,20H,4,9H2,1-3H3,(H2,16,17). The summed E-state index contributed by atoms with van der Waals surface area (Å²) < 4.78 is 0. The van der Waals surface area contributed by atoms with Crippen molar-refractivity contribution in [3.63, 3.8) is 0 Å². The molecule has 3 N–H and O–H groups in total. The van der Waals surface area contributed by atoms with Crippen molar-refractivity contribution in [3.05, 3.63) is 29.8 Å². The van der Waals surface area contributed by atoms with Gasteiger partial charge in [-0.2, -0.15) is 0 Å². The molecule has 1 aliphatic rings. The maximum Gasteiger partial charge on any atom is 0.240 e. The monoisotopic (exact) mass is 275 g/mol. The number of nitrogens with two attached hydrogens (primary N) is 1. The molecule has 0 saturated carbocycles. The Morgan fingerprint density at radius 1 is 1.55 bits per heavy atom. The van der Waals surface area contributed by atoms with E-state index in [9.17, 15) is 4.79 Å². The third-order valence-electron chi connectivity index (χ3n) is 4.28. The predicted molar refractivity (Wildman–Crippen MR) is 78.9 cm³/mol. The molecule has 108 valence electrons. The molecule has 1 amide bonds. The Morgan fingerprint density at radius 3 is 2.80 bits per heavy atom. The van der Waals surface area contributed by atoms with Gasteiger partial charge in [-0.1, -0.05) is 30.3 Å². The van der Waals surface area contributed by atoms with Gasteiger partial charge in [0.05, 0.1) is 0 Å². The first-order valence-electron chi connectivity index (χ1n) is 6.85. The Balaban J connectivity index is 2.43. The quantitative estimate of drug-likeness (QED) is 0.384. The normalized spacial score (nSPS) is 21.4. The van der Waals surface area contributed by atoms with Crippen molar-refractivity contribution in [2.45, 2.75) is 39.7 Å². The minimum Gasteiger partial charge on any atom is -0.409 e. The lowest BCUT2D eigenvalue weighted by Gasteiger charge is -2.33. The van der Waals surface area contributed by atoms with Gasteiger partial charge >= 0.3 is 0 Å². The molecule has 0 spiro atoms. The van der Waals surface area contributed by atoms with Crippen molar-refractivity contribution in [1.82, 2.24) is 0 Å². The van der Waals surface area contributed by atoms with Crippen LogP contribution in [-0.2, 0) is 11.2 Å². The second-order valence-electron chi connectivity index (χ2n) is 5.53. The molecule has 1 aliphatic heterocycles. The molecule has 0 fully saturated rings. The van der Waals surface area contributed by atoms with Crippen LogP contribution in [0.2, 0.25) is 0 Å². The average molecular weight is 275 g/mol. The van der Waals surface area contributed by atoms with Crippen molar-refractivity contribution in [3.8, 4) is 0 Å². The van der Waals surface area contributed by atoms with Gasteiger partial charge in [-0.25, -0.2) is 0 Å². The topological polar surface area (TPSA) is 78.9 Å². The summed E-state index contributed by atoms with van der Waals surface area (Å²) in [5, 5.41) is 12.0. The van der Waals surface area contributed by atoms with Crippen molar-refractivity contribution >= 4 is 17.4 Å². The summed E-state index contributed by atoms with van der Waals surface area (Å²) in [6.07, 6.45) is 1.31. The number of anilines is 1. The number of hydrogen-bond acceptors (Lipinski definition) is 3. The zero-order valence-electron chi connectivity index (χ0n) is 12.1. The van der Waals surface area contributed by atoms with E-state index in [0.717, 1.165) is 17.7 Å². The number of nitrogens with zero attached hydrogens (tertiary/aromatic N) is 2. The van der Waals surface area contributed by atoms with E-state index in [0.29, 0.717) is 6.42 Å². The number of rotatable bonds is 3. The van der Waals surface area contributed by atoms with Gasteiger partial charge in [-0.15, -0.1) is 0 Å². The van der Waals surface area contributed by atoms with E-state index in [4.69, 9.17) is 10.9 Å². The van der Waals surface area contributed by atoms with Gasteiger partial charge in [-0.05, 0) is 38.3 Å². The predicted octanol–water partition coefficient (Wildman–Crippen LogP) is 2.13. The van der Waals surface area contributed by atoms with Crippen LogP contribution in [-0.4, -0.2) is 23.0 Å². The second-order valence-corrected chi connectivity index (χ2v) is 5.53. The van der Waals surface area contributed by atoms with Gasteiger partial charge in [-0.3, -0.25) is 4.79 Å². The Morgan fingerprint density at radius 2 is 2.20 bits per heavy atom. The number of carbonyl (C=O) groups excluding carboxylic acids is 1. The molecule has 2 atom stereocenters. The van der Waals surface area contributed by atoms with E-state index in [1.807, 2.05) is 38.1 Å². The van der Waals surface area contributed by atoms with E-state index < -0.39 is 5.41 Å². The van der Waals surface area contributed by atoms with Crippen LogP contribution in [0, 0.1) is 5.41 Å². The molecular weight excluding hydrogens is 254 g/mol. The SMILES string of the molecule is CCC(C)(C(=O)N1c2ccccc2CC1C)/C(N)=N/O. The lowest BCUT2D eigenvalue weighted by atomic mass is 9.84. The van der Waals surface area contributed by atoms with Gasteiger partial charge in [0, 0.05) is 11.7 Å². The smallest absolute Gasteiger partial charge is 0.240 e. The van der Waals surface area contributed by atoms with Crippen LogP contribution in [0.3, 0.4) is 0 Å².